The molecule has 0 aliphatic heterocycles. The molecule has 0 spiro atoms. The quantitative estimate of drug-likeness (QED) is 0.856. The maximum atomic E-state index is 12.2. The minimum Gasteiger partial charge on any atom is -0.368 e. The van der Waals surface area contributed by atoms with Gasteiger partial charge >= 0.3 is 0 Å². The van der Waals surface area contributed by atoms with Crippen molar-refractivity contribution in [2.24, 2.45) is 11.1 Å². The topological polar surface area (TPSA) is 72.2 Å². The second-order valence-electron chi connectivity index (χ2n) is 7.47. The summed E-state index contributed by atoms with van der Waals surface area (Å²) in [6, 6.07) is 13.7. The van der Waals surface area contributed by atoms with Gasteiger partial charge in [-0.2, -0.15) is 0 Å². The lowest BCUT2D eigenvalue weighted by Crippen LogP contribution is -2.46. The van der Waals surface area contributed by atoms with E-state index in [0.29, 0.717) is 19.3 Å². The van der Waals surface area contributed by atoms with E-state index in [2.05, 4.69) is 29.6 Å². The lowest BCUT2D eigenvalue weighted by Gasteiger charge is -2.24. The third kappa shape index (κ3) is 5.37. The van der Waals surface area contributed by atoms with Crippen molar-refractivity contribution in [2.45, 2.75) is 46.1 Å². The van der Waals surface area contributed by atoms with E-state index in [1.54, 1.807) is 0 Å². The highest BCUT2D eigenvalue weighted by Crippen LogP contribution is 2.21. The van der Waals surface area contributed by atoms with Crippen LogP contribution in [-0.4, -0.2) is 17.9 Å². The molecule has 2 aromatic carbocycles. The van der Waals surface area contributed by atoms with Crippen molar-refractivity contribution < 1.29 is 9.59 Å². The zero-order valence-electron chi connectivity index (χ0n) is 14.6. The van der Waals surface area contributed by atoms with Crippen LogP contribution in [0.15, 0.2) is 42.5 Å². The van der Waals surface area contributed by atoms with Crippen LogP contribution in [0, 0.1) is 5.41 Å². The van der Waals surface area contributed by atoms with E-state index in [4.69, 9.17) is 5.73 Å². The maximum Gasteiger partial charge on any atom is 0.240 e. The second kappa shape index (κ2) is 7.47. The van der Waals surface area contributed by atoms with Crippen molar-refractivity contribution in [2.75, 3.05) is 0 Å². The zero-order chi connectivity index (χ0) is 17.7. The van der Waals surface area contributed by atoms with Gasteiger partial charge in [-0.05, 0) is 34.6 Å². The molecule has 0 saturated carbocycles. The Bertz CT molecular complexity index is 732. The van der Waals surface area contributed by atoms with E-state index in [0.717, 1.165) is 10.9 Å². The van der Waals surface area contributed by atoms with Crippen LogP contribution in [0.3, 0.4) is 0 Å². The van der Waals surface area contributed by atoms with Crippen molar-refractivity contribution in [1.82, 2.24) is 5.32 Å². The zero-order valence-corrected chi connectivity index (χ0v) is 14.6. The number of primary amides is 1. The van der Waals surface area contributed by atoms with Gasteiger partial charge in [0, 0.05) is 6.42 Å². The van der Waals surface area contributed by atoms with Crippen LogP contribution in [0.2, 0.25) is 0 Å². The van der Waals surface area contributed by atoms with Crippen molar-refractivity contribution in [3.05, 3.63) is 48.0 Å². The van der Waals surface area contributed by atoms with Gasteiger partial charge in [0.25, 0.3) is 0 Å². The summed E-state index contributed by atoms with van der Waals surface area (Å²) < 4.78 is 0. The van der Waals surface area contributed by atoms with Gasteiger partial charge in [-0.15, -0.1) is 0 Å². The fourth-order valence-corrected chi connectivity index (χ4v) is 2.75. The molecule has 24 heavy (non-hydrogen) atoms. The number of carbonyl (C=O) groups is 2. The van der Waals surface area contributed by atoms with Crippen molar-refractivity contribution in [1.29, 1.82) is 0 Å². The van der Waals surface area contributed by atoms with Gasteiger partial charge in [-0.3, -0.25) is 9.59 Å². The van der Waals surface area contributed by atoms with E-state index in [1.165, 1.54) is 5.39 Å². The highest BCUT2D eigenvalue weighted by Gasteiger charge is 2.24. The molecule has 4 heteroatoms. The summed E-state index contributed by atoms with van der Waals surface area (Å²) in [5, 5.41) is 5.12. The van der Waals surface area contributed by atoms with Crippen LogP contribution in [0.5, 0.6) is 0 Å². The molecule has 1 atom stereocenters. The summed E-state index contributed by atoms with van der Waals surface area (Å²) in [6.45, 7) is 6.05. The first-order valence-corrected chi connectivity index (χ1v) is 8.31. The van der Waals surface area contributed by atoms with E-state index >= 15 is 0 Å². The molecule has 4 nitrogen and oxygen atoms in total. The summed E-state index contributed by atoms with van der Waals surface area (Å²) in [4.78, 5) is 23.7. The van der Waals surface area contributed by atoms with Crippen LogP contribution < -0.4 is 11.1 Å². The summed E-state index contributed by atoms with van der Waals surface area (Å²) in [6.07, 6.45) is 1.51. The number of benzene rings is 2. The molecule has 0 aliphatic carbocycles. The van der Waals surface area contributed by atoms with E-state index in [-0.39, 0.29) is 11.3 Å². The van der Waals surface area contributed by atoms with Gasteiger partial charge in [0.15, 0.2) is 0 Å². The number of aryl methyl sites for hydroxylation is 1. The van der Waals surface area contributed by atoms with Crippen LogP contribution in [0.4, 0.5) is 0 Å². The molecule has 2 aromatic rings. The van der Waals surface area contributed by atoms with Gasteiger partial charge in [0.1, 0.15) is 6.04 Å². The Balaban J connectivity index is 1.94. The highest BCUT2D eigenvalue weighted by atomic mass is 16.2. The van der Waals surface area contributed by atoms with Crippen LogP contribution in [0.25, 0.3) is 10.8 Å². The minimum absolute atomic E-state index is 0.0781. The molecule has 1 unspecified atom stereocenters. The first kappa shape index (κ1) is 18.0. The molecule has 0 aliphatic rings. The third-order valence-corrected chi connectivity index (χ3v) is 3.95. The number of rotatable bonds is 6. The van der Waals surface area contributed by atoms with Crippen molar-refractivity contribution in [3.63, 3.8) is 0 Å². The monoisotopic (exact) mass is 326 g/mol. The Hall–Kier alpha value is -2.36. The Morgan fingerprint density at radius 2 is 1.75 bits per heavy atom. The Labute approximate surface area is 143 Å². The molecular formula is C20H26N2O2. The van der Waals surface area contributed by atoms with E-state index < -0.39 is 11.9 Å². The smallest absolute Gasteiger partial charge is 0.240 e. The summed E-state index contributed by atoms with van der Waals surface area (Å²) in [5.41, 5.74) is 6.44. The number of hydrogen-bond acceptors (Lipinski definition) is 2. The molecule has 3 N–H and O–H groups in total. The molecule has 0 bridgehead atoms. The summed E-state index contributed by atoms with van der Waals surface area (Å²) in [7, 11) is 0. The maximum absolute atomic E-state index is 12.2. The van der Waals surface area contributed by atoms with Crippen LogP contribution in [0.1, 0.15) is 39.2 Å². The van der Waals surface area contributed by atoms with E-state index in [9.17, 15) is 9.59 Å². The van der Waals surface area contributed by atoms with E-state index in [1.807, 2.05) is 39.0 Å². The molecule has 2 amide bonds. The largest absolute Gasteiger partial charge is 0.368 e. The first-order chi connectivity index (χ1) is 11.2. The van der Waals surface area contributed by atoms with Gasteiger partial charge in [-0.25, -0.2) is 0 Å². The summed E-state index contributed by atoms with van der Waals surface area (Å²) >= 11 is 0. The van der Waals surface area contributed by atoms with Crippen LogP contribution in [-0.2, 0) is 16.0 Å². The standard InChI is InChI=1S/C20H26N2O2/c1-20(2,3)13-17(19(21)24)22-18(23)11-9-14-8-10-15-6-4-5-7-16(15)12-14/h4-8,10,12,17H,9,11,13H2,1-3H3,(H2,21,24)(H,22,23). The Morgan fingerprint density at radius 3 is 2.38 bits per heavy atom. The number of carbonyl (C=O) groups excluding carboxylic acids is 2. The Morgan fingerprint density at radius 1 is 1.08 bits per heavy atom. The predicted octanol–water partition coefficient (Wildman–Crippen LogP) is 3.18. The fraction of sp³-hybridized carbons (Fsp3) is 0.400. The number of hydrogen-bond donors (Lipinski definition) is 2. The molecule has 0 saturated heterocycles. The number of nitrogens with two attached hydrogens (primary N) is 1. The molecule has 2 rings (SSSR count). The molecule has 0 fully saturated rings. The number of fused-ring (bicyclic) bond motifs is 1. The SMILES string of the molecule is CC(C)(C)CC(NC(=O)CCc1ccc2ccccc2c1)C(N)=O. The Kier molecular flexibility index (Phi) is 5.60. The lowest BCUT2D eigenvalue weighted by atomic mass is 9.88. The second-order valence-corrected chi connectivity index (χ2v) is 7.47. The third-order valence-electron chi connectivity index (χ3n) is 3.95. The predicted molar refractivity (Wildman–Crippen MR) is 97.5 cm³/mol. The van der Waals surface area contributed by atoms with Crippen molar-refractivity contribution in [3.8, 4) is 0 Å². The molecule has 0 radical (unpaired) electrons. The minimum atomic E-state index is -0.617. The molecule has 0 aromatic heterocycles. The number of amides is 2. The number of nitrogens with one attached hydrogen (secondary N) is 1. The average molecular weight is 326 g/mol. The normalized spacial score (nSPS) is 12.8. The van der Waals surface area contributed by atoms with Gasteiger partial charge < -0.3 is 11.1 Å². The lowest BCUT2D eigenvalue weighted by molar-refractivity contribution is -0.128. The van der Waals surface area contributed by atoms with Crippen molar-refractivity contribution >= 4 is 22.6 Å². The summed E-state index contributed by atoms with van der Waals surface area (Å²) in [5.74, 6) is -0.625. The van der Waals surface area contributed by atoms with Crippen LogP contribution >= 0.6 is 0 Å². The highest BCUT2D eigenvalue weighted by molar-refractivity contribution is 5.87. The van der Waals surface area contributed by atoms with Gasteiger partial charge in [-0.1, -0.05) is 63.2 Å². The van der Waals surface area contributed by atoms with Gasteiger partial charge in [0.2, 0.25) is 11.8 Å². The van der Waals surface area contributed by atoms with Gasteiger partial charge in [0.05, 0.1) is 0 Å². The molecule has 0 heterocycles. The average Bonchev–Trinajstić information content (AvgIpc) is 2.50. The first-order valence-electron chi connectivity index (χ1n) is 8.31. The fourth-order valence-electron chi connectivity index (χ4n) is 2.75. The molecular weight excluding hydrogens is 300 g/mol. The molecule has 128 valence electrons.